The van der Waals surface area contributed by atoms with E-state index >= 15 is 0 Å². The van der Waals surface area contributed by atoms with Crippen LogP contribution in [0.2, 0.25) is 0 Å². The molecule has 0 bridgehead atoms. The van der Waals surface area contributed by atoms with Gasteiger partial charge in [0.2, 0.25) is 5.91 Å². The van der Waals surface area contributed by atoms with Crippen molar-refractivity contribution in [3.63, 3.8) is 0 Å². The Bertz CT molecular complexity index is 783. The van der Waals surface area contributed by atoms with Gasteiger partial charge in [0.25, 0.3) is 0 Å². The molecule has 2 aromatic rings. The van der Waals surface area contributed by atoms with Crippen LogP contribution < -0.4 is 11.1 Å². The Kier molecular flexibility index (Phi) is 5.56. The second-order valence-electron chi connectivity index (χ2n) is 6.89. The lowest BCUT2D eigenvalue weighted by atomic mass is 10.1. The number of guanidine groups is 1. The maximum atomic E-state index is 12.4. The number of anilines is 1. The van der Waals surface area contributed by atoms with Gasteiger partial charge in [-0.2, -0.15) is 0 Å². The molecule has 3 rings (SSSR count). The molecule has 0 aliphatic carbocycles. The molecular formula is C21H26N4O. The first-order valence-electron chi connectivity index (χ1n) is 9.01. The van der Waals surface area contributed by atoms with E-state index in [-0.39, 0.29) is 5.91 Å². The number of aryl methyl sites for hydroxylation is 2. The molecular weight excluding hydrogens is 324 g/mol. The van der Waals surface area contributed by atoms with Gasteiger partial charge in [-0.1, -0.05) is 30.3 Å². The first-order valence-corrected chi connectivity index (χ1v) is 9.01. The van der Waals surface area contributed by atoms with E-state index in [1.165, 1.54) is 22.3 Å². The molecule has 0 fully saturated rings. The maximum Gasteiger partial charge on any atom is 0.223 e. The number of fused-ring (bicyclic) bond motifs is 1. The summed E-state index contributed by atoms with van der Waals surface area (Å²) in [5, 5.41) is 3.11. The van der Waals surface area contributed by atoms with Gasteiger partial charge < -0.3 is 16.0 Å². The van der Waals surface area contributed by atoms with Crippen molar-refractivity contribution in [2.24, 2.45) is 10.7 Å². The Morgan fingerprint density at radius 2 is 1.73 bits per heavy atom. The number of nitrogens with two attached hydrogens (primary N) is 1. The van der Waals surface area contributed by atoms with Crippen molar-refractivity contribution in [3.05, 3.63) is 64.7 Å². The predicted octanol–water partition coefficient (Wildman–Crippen LogP) is 3.35. The number of hydrogen-bond donors (Lipinski definition) is 2. The van der Waals surface area contributed by atoms with Crippen LogP contribution in [0.3, 0.4) is 0 Å². The lowest BCUT2D eigenvalue weighted by Gasteiger charge is -2.15. The zero-order chi connectivity index (χ0) is 18.5. The number of carbonyl (C=O) groups excluding carboxylic acids is 1. The van der Waals surface area contributed by atoms with E-state index in [0.29, 0.717) is 38.4 Å². The second-order valence-corrected chi connectivity index (χ2v) is 6.89. The van der Waals surface area contributed by atoms with Crippen LogP contribution in [-0.4, -0.2) is 23.3 Å². The van der Waals surface area contributed by atoms with Gasteiger partial charge in [-0.3, -0.25) is 9.79 Å². The Labute approximate surface area is 154 Å². The second kappa shape index (κ2) is 8.04. The van der Waals surface area contributed by atoms with Crippen molar-refractivity contribution >= 4 is 17.6 Å². The Balaban J connectivity index is 1.43. The molecule has 1 amide bonds. The largest absolute Gasteiger partial charge is 0.370 e. The van der Waals surface area contributed by atoms with Crippen molar-refractivity contribution in [1.29, 1.82) is 0 Å². The van der Waals surface area contributed by atoms with Crippen LogP contribution in [0.1, 0.15) is 35.1 Å². The molecule has 0 atom stereocenters. The van der Waals surface area contributed by atoms with Gasteiger partial charge in [-0.05, 0) is 54.7 Å². The molecule has 136 valence electrons. The first-order chi connectivity index (χ1) is 12.5. The van der Waals surface area contributed by atoms with Crippen molar-refractivity contribution in [3.8, 4) is 0 Å². The highest BCUT2D eigenvalue weighted by Gasteiger charge is 2.22. The zero-order valence-electron chi connectivity index (χ0n) is 15.5. The molecule has 5 nitrogen and oxygen atoms in total. The first kappa shape index (κ1) is 18.0. The lowest BCUT2D eigenvalue weighted by Crippen LogP contribution is -2.25. The molecule has 1 heterocycles. The van der Waals surface area contributed by atoms with Crippen LogP contribution in [0.4, 0.5) is 5.69 Å². The highest BCUT2D eigenvalue weighted by atomic mass is 16.2. The fraction of sp³-hybridized carbons (Fsp3) is 0.333. The number of amides is 1. The molecule has 0 aromatic heterocycles. The van der Waals surface area contributed by atoms with E-state index in [0.717, 1.165) is 5.69 Å². The topological polar surface area (TPSA) is 70.7 Å². The van der Waals surface area contributed by atoms with Crippen molar-refractivity contribution < 1.29 is 4.79 Å². The minimum atomic E-state index is 0.178. The monoisotopic (exact) mass is 350 g/mol. The molecule has 0 saturated heterocycles. The summed E-state index contributed by atoms with van der Waals surface area (Å²) >= 11 is 0. The molecule has 2 aromatic carbocycles. The summed E-state index contributed by atoms with van der Waals surface area (Å²) in [5.74, 6) is 0.563. The summed E-state index contributed by atoms with van der Waals surface area (Å²) < 4.78 is 0. The van der Waals surface area contributed by atoms with Crippen LogP contribution in [0.15, 0.2) is 47.5 Å². The summed E-state index contributed by atoms with van der Waals surface area (Å²) in [6.45, 7) is 6.07. The molecule has 26 heavy (non-hydrogen) atoms. The van der Waals surface area contributed by atoms with E-state index in [9.17, 15) is 4.79 Å². The quantitative estimate of drug-likeness (QED) is 0.493. The highest BCUT2D eigenvalue weighted by molar-refractivity contribution is 5.92. The Morgan fingerprint density at radius 1 is 1.12 bits per heavy atom. The van der Waals surface area contributed by atoms with Gasteiger partial charge >= 0.3 is 0 Å². The van der Waals surface area contributed by atoms with Gasteiger partial charge in [0.1, 0.15) is 0 Å². The third-order valence-electron chi connectivity index (χ3n) is 4.52. The number of nitrogens with one attached hydrogen (secondary N) is 1. The molecule has 5 heteroatoms. The fourth-order valence-electron chi connectivity index (χ4n) is 3.33. The number of aliphatic imine (C=N–C) groups is 1. The van der Waals surface area contributed by atoms with Crippen LogP contribution in [0.5, 0.6) is 0 Å². The van der Waals surface area contributed by atoms with Gasteiger partial charge in [-0.25, -0.2) is 0 Å². The summed E-state index contributed by atoms with van der Waals surface area (Å²) in [7, 11) is 0. The van der Waals surface area contributed by atoms with E-state index in [4.69, 9.17) is 5.73 Å². The minimum Gasteiger partial charge on any atom is -0.370 e. The standard InChI is InChI=1S/C21H26N4O/c1-15-10-16(2)12-19(11-15)24-21(22)23-9-5-8-20(26)25-13-17-6-3-4-7-18(17)14-25/h3-4,6-7,10-12H,5,8-9,13-14H2,1-2H3,(H3,22,23,24). The van der Waals surface area contributed by atoms with E-state index < -0.39 is 0 Å². The van der Waals surface area contributed by atoms with E-state index in [1.54, 1.807) is 0 Å². The molecule has 3 N–H and O–H groups in total. The molecule has 0 unspecified atom stereocenters. The van der Waals surface area contributed by atoms with Gasteiger partial charge in [-0.15, -0.1) is 0 Å². The maximum absolute atomic E-state index is 12.4. The van der Waals surface area contributed by atoms with Crippen LogP contribution >= 0.6 is 0 Å². The number of hydrogen-bond acceptors (Lipinski definition) is 2. The van der Waals surface area contributed by atoms with Crippen molar-refractivity contribution in [2.75, 3.05) is 11.9 Å². The van der Waals surface area contributed by atoms with Crippen LogP contribution in [-0.2, 0) is 17.9 Å². The normalized spacial score (nSPS) is 13.6. The summed E-state index contributed by atoms with van der Waals surface area (Å²) in [4.78, 5) is 18.6. The SMILES string of the molecule is Cc1cc(C)cc(NC(N)=NCCCC(=O)N2Cc3ccccc3C2)c1. The smallest absolute Gasteiger partial charge is 0.223 e. The Hall–Kier alpha value is -2.82. The number of carbonyl (C=O) groups is 1. The zero-order valence-corrected chi connectivity index (χ0v) is 15.5. The fourth-order valence-corrected chi connectivity index (χ4v) is 3.33. The summed E-state index contributed by atoms with van der Waals surface area (Å²) in [6.07, 6.45) is 1.19. The lowest BCUT2D eigenvalue weighted by molar-refractivity contribution is -0.131. The van der Waals surface area contributed by atoms with Crippen LogP contribution in [0, 0.1) is 13.8 Å². The van der Waals surface area contributed by atoms with E-state index in [1.807, 2.05) is 43.0 Å². The third-order valence-corrected chi connectivity index (χ3v) is 4.52. The van der Waals surface area contributed by atoms with Crippen LogP contribution in [0.25, 0.3) is 0 Å². The van der Waals surface area contributed by atoms with E-state index in [2.05, 4.69) is 28.5 Å². The molecule has 0 spiro atoms. The van der Waals surface area contributed by atoms with Crippen molar-refractivity contribution in [2.45, 2.75) is 39.8 Å². The Morgan fingerprint density at radius 3 is 2.35 bits per heavy atom. The number of rotatable bonds is 5. The third kappa shape index (κ3) is 4.63. The average Bonchev–Trinajstić information content (AvgIpc) is 3.02. The average molecular weight is 350 g/mol. The van der Waals surface area contributed by atoms with Gasteiger partial charge in [0.05, 0.1) is 0 Å². The van der Waals surface area contributed by atoms with Gasteiger partial charge in [0.15, 0.2) is 5.96 Å². The predicted molar refractivity (Wildman–Crippen MR) is 106 cm³/mol. The summed E-state index contributed by atoms with van der Waals surface area (Å²) in [5.41, 5.74) is 11.7. The number of benzene rings is 2. The van der Waals surface area contributed by atoms with Crippen molar-refractivity contribution in [1.82, 2.24) is 4.90 Å². The minimum absolute atomic E-state index is 0.178. The molecule has 1 aliphatic rings. The molecule has 0 radical (unpaired) electrons. The summed E-state index contributed by atoms with van der Waals surface area (Å²) in [6, 6.07) is 14.4. The molecule has 0 saturated carbocycles. The number of nitrogens with zero attached hydrogens (tertiary/aromatic N) is 2. The molecule has 1 aliphatic heterocycles. The van der Waals surface area contributed by atoms with Gasteiger partial charge in [0, 0.05) is 31.7 Å². The highest BCUT2D eigenvalue weighted by Crippen LogP contribution is 2.22.